The second-order valence-corrected chi connectivity index (χ2v) is 5.79. The molecule has 1 saturated heterocycles. The minimum atomic E-state index is -0.458. The number of nitrogen functional groups attached to an aromatic ring is 1. The van der Waals surface area contributed by atoms with Crippen LogP contribution in [0.15, 0.2) is 18.2 Å². The second-order valence-electron chi connectivity index (χ2n) is 5.79. The molecule has 1 fully saturated rings. The Bertz CT molecular complexity index is 530. The number of hydrogen-bond acceptors (Lipinski definition) is 6. The lowest BCUT2D eigenvalue weighted by Crippen LogP contribution is -2.54. The van der Waals surface area contributed by atoms with E-state index in [1.54, 1.807) is 12.1 Å². The minimum absolute atomic E-state index is 0.0590. The summed E-state index contributed by atoms with van der Waals surface area (Å²) in [4.78, 5) is 13.8. The molecular weight excluding hydrogens is 272 g/mol. The number of nitrogens with zero attached hydrogens (tertiary/aromatic N) is 1. The van der Waals surface area contributed by atoms with Gasteiger partial charge in [-0.15, -0.1) is 0 Å². The number of morpholine rings is 1. The van der Waals surface area contributed by atoms with Crippen molar-refractivity contribution in [1.82, 2.24) is 0 Å². The van der Waals surface area contributed by atoms with Crippen LogP contribution in [0.2, 0.25) is 0 Å². The maximum absolute atomic E-state index is 11.7. The summed E-state index contributed by atoms with van der Waals surface area (Å²) in [5, 5.41) is 9.38. The fourth-order valence-electron chi connectivity index (χ4n) is 2.69. The summed E-state index contributed by atoms with van der Waals surface area (Å²) < 4.78 is 10.5. The first-order chi connectivity index (χ1) is 9.88. The molecule has 0 spiro atoms. The SMILES string of the molecule is COC(=O)c1cccc(N2CC(CO)OC(C)(C)C2)c1N. The highest BCUT2D eigenvalue weighted by Gasteiger charge is 2.34. The molecule has 0 radical (unpaired) electrons. The van der Waals surface area contributed by atoms with Gasteiger partial charge in [-0.2, -0.15) is 0 Å². The average Bonchev–Trinajstić information content (AvgIpc) is 2.44. The average molecular weight is 294 g/mol. The van der Waals surface area contributed by atoms with Gasteiger partial charge in [-0.25, -0.2) is 4.79 Å². The molecule has 0 saturated carbocycles. The maximum Gasteiger partial charge on any atom is 0.340 e. The third kappa shape index (κ3) is 3.28. The number of methoxy groups -OCH3 is 1. The molecule has 1 aromatic carbocycles. The highest BCUT2D eigenvalue weighted by molar-refractivity contribution is 5.98. The van der Waals surface area contributed by atoms with E-state index in [1.807, 2.05) is 24.8 Å². The molecule has 0 aliphatic carbocycles. The van der Waals surface area contributed by atoms with Gasteiger partial charge in [0.25, 0.3) is 0 Å². The summed E-state index contributed by atoms with van der Waals surface area (Å²) in [5.74, 6) is -0.458. The Balaban J connectivity index is 2.35. The Morgan fingerprint density at radius 2 is 2.29 bits per heavy atom. The van der Waals surface area contributed by atoms with E-state index in [-0.39, 0.29) is 12.7 Å². The summed E-state index contributed by atoms with van der Waals surface area (Å²) in [6.07, 6.45) is -0.282. The molecule has 6 heteroatoms. The zero-order valence-electron chi connectivity index (χ0n) is 12.6. The first kappa shape index (κ1) is 15.6. The van der Waals surface area contributed by atoms with E-state index in [9.17, 15) is 9.90 Å². The van der Waals surface area contributed by atoms with Crippen molar-refractivity contribution in [3.63, 3.8) is 0 Å². The molecule has 1 aliphatic rings. The molecule has 1 unspecified atom stereocenters. The quantitative estimate of drug-likeness (QED) is 0.640. The number of aliphatic hydroxyl groups is 1. The van der Waals surface area contributed by atoms with Crippen LogP contribution in [0.5, 0.6) is 0 Å². The molecular formula is C15H22N2O4. The number of hydrogen-bond donors (Lipinski definition) is 2. The van der Waals surface area contributed by atoms with Gasteiger partial charge in [0, 0.05) is 13.1 Å². The molecule has 0 amide bonds. The summed E-state index contributed by atoms with van der Waals surface area (Å²) in [7, 11) is 1.33. The summed E-state index contributed by atoms with van der Waals surface area (Å²) in [6, 6.07) is 5.27. The van der Waals surface area contributed by atoms with E-state index in [2.05, 4.69) is 0 Å². The molecule has 6 nitrogen and oxygen atoms in total. The van der Waals surface area contributed by atoms with Crippen LogP contribution >= 0.6 is 0 Å². The van der Waals surface area contributed by atoms with Crippen molar-refractivity contribution in [2.45, 2.75) is 25.6 Å². The van der Waals surface area contributed by atoms with Crippen LogP contribution in [0.4, 0.5) is 11.4 Å². The van der Waals surface area contributed by atoms with Crippen molar-refractivity contribution in [1.29, 1.82) is 0 Å². The van der Waals surface area contributed by atoms with Gasteiger partial charge < -0.3 is 25.2 Å². The summed E-state index contributed by atoms with van der Waals surface area (Å²) >= 11 is 0. The second kappa shape index (κ2) is 5.91. The first-order valence-electron chi connectivity index (χ1n) is 6.88. The molecule has 2 rings (SSSR count). The third-order valence-corrected chi connectivity index (χ3v) is 3.51. The number of nitrogens with two attached hydrogens (primary N) is 1. The van der Waals surface area contributed by atoms with Crippen molar-refractivity contribution in [2.24, 2.45) is 0 Å². The van der Waals surface area contributed by atoms with Crippen LogP contribution in [0.25, 0.3) is 0 Å². The van der Waals surface area contributed by atoms with Crippen molar-refractivity contribution in [2.75, 3.05) is 37.4 Å². The van der Waals surface area contributed by atoms with Crippen LogP contribution < -0.4 is 10.6 Å². The number of rotatable bonds is 3. The Morgan fingerprint density at radius 1 is 1.57 bits per heavy atom. The van der Waals surface area contributed by atoms with Crippen LogP contribution in [-0.2, 0) is 9.47 Å². The number of ether oxygens (including phenoxy) is 2. The standard InChI is InChI=1S/C15H22N2O4/c1-15(2)9-17(7-10(8-18)21-15)12-6-4-5-11(13(12)16)14(19)20-3/h4-6,10,18H,7-9,16H2,1-3H3. The largest absolute Gasteiger partial charge is 0.465 e. The number of anilines is 2. The van der Waals surface area contributed by atoms with Gasteiger partial charge in [0.05, 0.1) is 42.4 Å². The van der Waals surface area contributed by atoms with Gasteiger partial charge in [-0.1, -0.05) is 6.07 Å². The molecule has 1 aliphatic heterocycles. The van der Waals surface area contributed by atoms with Crippen LogP contribution in [0, 0.1) is 0 Å². The fourth-order valence-corrected chi connectivity index (χ4v) is 2.69. The van der Waals surface area contributed by atoms with Crippen LogP contribution in [0.1, 0.15) is 24.2 Å². The van der Waals surface area contributed by atoms with Crippen molar-refractivity contribution in [3.8, 4) is 0 Å². The van der Waals surface area contributed by atoms with Crippen molar-refractivity contribution >= 4 is 17.3 Å². The molecule has 0 aromatic heterocycles. The lowest BCUT2D eigenvalue weighted by molar-refractivity contribution is -0.100. The molecule has 1 atom stereocenters. The summed E-state index contributed by atoms with van der Waals surface area (Å²) in [5.41, 5.74) is 7.21. The van der Waals surface area contributed by atoms with Gasteiger partial charge in [0.15, 0.2) is 0 Å². The van der Waals surface area contributed by atoms with Gasteiger partial charge in [0.1, 0.15) is 0 Å². The van der Waals surface area contributed by atoms with Gasteiger partial charge in [-0.05, 0) is 26.0 Å². The number of para-hydroxylation sites is 1. The predicted molar refractivity (Wildman–Crippen MR) is 80.4 cm³/mol. The smallest absolute Gasteiger partial charge is 0.340 e. The zero-order valence-corrected chi connectivity index (χ0v) is 12.6. The molecule has 0 bridgehead atoms. The number of esters is 1. The Kier molecular flexibility index (Phi) is 4.39. The molecule has 1 heterocycles. The molecule has 1 aromatic rings. The number of aliphatic hydroxyl groups excluding tert-OH is 1. The Hall–Kier alpha value is -1.79. The third-order valence-electron chi connectivity index (χ3n) is 3.51. The number of benzene rings is 1. The topological polar surface area (TPSA) is 85.0 Å². The molecule has 3 N–H and O–H groups in total. The van der Waals surface area contributed by atoms with E-state index >= 15 is 0 Å². The number of carbonyl (C=O) groups excluding carboxylic acids is 1. The lowest BCUT2D eigenvalue weighted by atomic mass is 10.0. The normalized spacial score (nSPS) is 21.1. The molecule has 116 valence electrons. The van der Waals surface area contributed by atoms with Crippen molar-refractivity contribution < 1.29 is 19.4 Å². The van der Waals surface area contributed by atoms with Crippen molar-refractivity contribution in [3.05, 3.63) is 23.8 Å². The molecule has 21 heavy (non-hydrogen) atoms. The van der Waals surface area contributed by atoms with Gasteiger partial charge >= 0.3 is 5.97 Å². The zero-order chi connectivity index (χ0) is 15.6. The van der Waals surface area contributed by atoms with E-state index in [1.165, 1.54) is 7.11 Å². The Morgan fingerprint density at radius 3 is 2.90 bits per heavy atom. The Labute approximate surface area is 124 Å². The number of carbonyl (C=O) groups is 1. The van der Waals surface area contributed by atoms with Gasteiger partial charge in [-0.3, -0.25) is 0 Å². The highest BCUT2D eigenvalue weighted by atomic mass is 16.5. The first-order valence-corrected chi connectivity index (χ1v) is 6.88. The van der Waals surface area contributed by atoms with E-state index in [0.29, 0.717) is 24.3 Å². The van der Waals surface area contributed by atoms with E-state index in [4.69, 9.17) is 15.2 Å². The monoisotopic (exact) mass is 294 g/mol. The maximum atomic E-state index is 11.7. The highest BCUT2D eigenvalue weighted by Crippen LogP contribution is 2.32. The fraction of sp³-hybridized carbons (Fsp3) is 0.533. The lowest BCUT2D eigenvalue weighted by Gasteiger charge is -2.43. The minimum Gasteiger partial charge on any atom is -0.465 e. The van der Waals surface area contributed by atoms with Crippen LogP contribution in [0.3, 0.4) is 0 Å². The van der Waals surface area contributed by atoms with Gasteiger partial charge in [0.2, 0.25) is 0 Å². The van der Waals surface area contributed by atoms with E-state index < -0.39 is 11.6 Å². The van der Waals surface area contributed by atoms with Crippen LogP contribution in [-0.4, -0.2) is 49.6 Å². The van der Waals surface area contributed by atoms with E-state index in [0.717, 1.165) is 5.69 Å². The predicted octanol–water partition coefficient (Wildman–Crippen LogP) is 1.03. The summed E-state index contributed by atoms with van der Waals surface area (Å²) in [6.45, 7) is 5.01.